The maximum absolute atomic E-state index is 15.0. The van der Waals surface area contributed by atoms with Crippen molar-refractivity contribution in [2.45, 2.75) is 75.0 Å². The second-order valence-electron chi connectivity index (χ2n) is 13.0. The van der Waals surface area contributed by atoms with E-state index in [1.54, 1.807) is 33.7 Å². The summed E-state index contributed by atoms with van der Waals surface area (Å²) < 4.78 is -1.17. The summed E-state index contributed by atoms with van der Waals surface area (Å²) in [5.74, 6) is -1.38. The van der Waals surface area contributed by atoms with Gasteiger partial charge in [-0.1, -0.05) is 60.7 Å². The van der Waals surface area contributed by atoms with Gasteiger partial charge in [-0.2, -0.15) is 0 Å². The number of unbranched alkanes of at least 4 members (excludes halogenated alkanes) is 2. The van der Waals surface area contributed by atoms with E-state index < -0.39 is 27.4 Å². The maximum Gasteiger partial charge on any atom is 0.251 e. The predicted octanol–water partition coefficient (Wildman–Crippen LogP) is 5.68. The lowest BCUT2D eigenvalue weighted by atomic mass is 9.66. The largest absolute Gasteiger partial charge is 0.396 e. The van der Waals surface area contributed by atoms with Gasteiger partial charge >= 0.3 is 0 Å². The first kappa shape index (κ1) is 33.0. The molecule has 3 saturated heterocycles. The summed E-state index contributed by atoms with van der Waals surface area (Å²) in [6.07, 6.45) is 7.03. The topological polar surface area (TPSA) is 81.2 Å². The number of nitrogens with zero attached hydrogens (tertiary/aromatic N) is 3. The van der Waals surface area contributed by atoms with Crippen LogP contribution in [-0.4, -0.2) is 74.4 Å². The van der Waals surface area contributed by atoms with Crippen molar-refractivity contribution < 1.29 is 19.5 Å². The molecule has 45 heavy (non-hydrogen) atoms. The first-order valence-corrected chi connectivity index (χ1v) is 17.0. The molecule has 2 aromatic carbocycles. The zero-order valence-corrected chi connectivity index (χ0v) is 27.7. The van der Waals surface area contributed by atoms with Crippen LogP contribution in [0.15, 0.2) is 73.8 Å². The van der Waals surface area contributed by atoms with Gasteiger partial charge in [-0.25, -0.2) is 0 Å². The first-order valence-electron chi connectivity index (χ1n) is 16.2. The third kappa shape index (κ3) is 5.87. The minimum atomic E-state index is -0.706. The van der Waals surface area contributed by atoms with Gasteiger partial charge in [0, 0.05) is 43.2 Å². The van der Waals surface area contributed by atoms with Crippen molar-refractivity contribution in [3.05, 3.63) is 90.5 Å². The summed E-state index contributed by atoms with van der Waals surface area (Å²) in [4.78, 5) is 49.7. The maximum atomic E-state index is 15.0. The number of carbonyl (C=O) groups is 3. The van der Waals surface area contributed by atoms with Crippen molar-refractivity contribution in [3.8, 4) is 0 Å². The number of benzene rings is 2. The molecule has 1 N–H and O–H groups in total. The number of aliphatic hydroxyl groups excluding tert-OH is 1. The lowest BCUT2D eigenvalue weighted by Crippen LogP contribution is -2.55. The van der Waals surface area contributed by atoms with Gasteiger partial charge in [-0.15, -0.1) is 24.9 Å². The van der Waals surface area contributed by atoms with E-state index in [9.17, 15) is 19.5 Å². The average molecular weight is 630 g/mol. The van der Waals surface area contributed by atoms with E-state index in [-0.39, 0.29) is 24.3 Å². The Morgan fingerprint density at radius 2 is 1.67 bits per heavy atom. The van der Waals surface area contributed by atoms with Crippen molar-refractivity contribution in [1.29, 1.82) is 0 Å². The highest BCUT2D eigenvalue weighted by Crippen LogP contribution is 2.71. The predicted molar refractivity (Wildman–Crippen MR) is 182 cm³/mol. The molecule has 1 spiro atoms. The molecule has 240 valence electrons. The highest BCUT2D eigenvalue weighted by molar-refractivity contribution is 8.02. The number of amides is 3. The number of hydrogen-bond acceptors (Lipinski definition) is 5. The zero-order chi connectivity index (χ0) is 32.4. The molecule has 3 aliphatic heterocycles. The standard InChI is InChI=1S/C37H47N3O4S/c1-6-21-38(25-28-17-10-8-11-18-28)33(42)29-30-34(43)40(23-12-9-13-24-41)32(37(30)20-19-36(29,5)45-37)35(44)39(22-7-2)31-26(3)15-14-16-27(31)4/h6-8,10-11,14-18,29-30,32,41H,1-2,9,12-13,19-25H2,3-5H3/t29-,30+,32?,36+,37?/m1/s1. The van der Waals surface area contributed by atoms with Crippen LogP contribution >= 0.6 is 11.8 Å². The van der Waals surface area contributed by atoms with Crippen molar-refractivity contribution in [2.75, 3.05) is 31.1 Å². The minimum absolute atomic E-state index is 0.0419. The number of likely N-dealkylation sites (tertiary alicyclic amines) is 1. The Balaban J connectivity index is 1.56. The molecule has 3 heterocycles. The summed E-state index contributed by atoms with van der Waals surface area (Å²) in [6, 6.07) is 15.2. The Kier molecular flexibility index (Phi) is 9.94. The van der Waals surface area contributed by atoms with E-state index in [4.69, 9.17) is 0 Å². The Bertz CT molecular complexity index is 1430. The molecule has 8 heteroatoms. The van der Waals surface area contributed by atoms with Crippen molar-refractivity contribution in [3.63, 3.8) is 0 Å². The summed E-state index contributed by atoms with van der Waals surface area (Å²) in [5.41, 5.74) is 3.85. The third-order valence-corrected chi connectivity index (χ3v) is 12.0. The molecule has 5 atom stereocenters. The van der Waals surface area contributed by atoms with E-state index in [1.807, 2.05) is 67.3 Å². The third-order valence-electron chi connectivity index (χ3n) is 10.00. The molecule has 2 unspecified atom stereocenters. The van der Waals surface area contributed by atoms with Crippen molar-refractivity contribution >= 4 is 35.2 Å². The van der Waals surface area contributed by atoms with Crippen LogP contribution in [0.1, 0.15) is 55.7 Å². The summed E-state index contributed by atoms with van der Waals surface area (Å²) in [5, 5.41) is 9.40. The fourth-order valence-electron chi connectivity index (χ4n) is 8.08. The molecule has 5 rings (SSSR count). The summed E-state index contributed by atoms with van der Waals surface area (Å²) in [6.45, 7) is 15.7. The Labute approximate surface area is 272 Å². The van der Waals surface area contributed by atoms with Crippen LogP contribution in [0.3, 0.4) is 0 Å². The molecule has 0 aromatic heterocycles. The summed E-state index contributed by atoms with van der Waals surface area (Å²) >= 11 is 1.71. The Morgan fingerprint density at radius 3 is 2.31 bits per heavy atom. The smallest absolute Gasteiger partial charge is 0.251 e. The van der Waals surface area contributed by atoms with Gasteiger partial charge in [0.15, 0.2) is 0 Å². The van der Waals surface area contributed by atoms with Crippen molar-refractivity contribution in [2.24, 2.45) is 11.8 Å². The van der Waals surface area contributed by atoms with Crippen LogP contribution in [0, 0.1) is 25.7 Å². The molecule has 3 fully saturated rings. The normalized spacial score (nSPS) is 26.5. The number of fused-ring (bicyclic) bond motifs is 1. The molecule has 0 saturated carbocycles. The fraction of sp³-hybridized carbons (Fsp3) is 0.486. The number of thioether (sulfide) groups is 1. The van der Waals surface area contributed by atoms with E-state index in [0.717, 1.165) is 35.2 Å². The van der Waals surface area contributed by atoms with Gasteiger partial charge in [0.25, 0.3) is 5.91 Å². The summed E-state index contributed by atoms with van der Waals surface area (Å²) in [7, 11) is 0. The van der Waals surface area contributed by atoms with Gasteiger partial charge in [0.1, 0.15) is 6.04 Å². The second-order valence-corrected chi connectivity index (χ2v) is 14.9. The molecule has 2 bridgehead atoms. The van der Waals surface area contributed by atoms with Crippen molar-refractivity contribution in [1.82, 2.24) is 9.80 Å². The van der Waals surface area contributed by atoms with Crippen LogP contribution in [0.2, 0.25) is 0 Å². The molecular formula is C37H47N3O4S. The van der Waals surface area contributed by atoms with E-state index in [0.29, 0.717) is 45.4 Å². The number of rotatable bonds is 14. The highest BCUT2D eigenvalue weighted by Gasteiger charge is 2.77. The van der Waals surface area contributed by atoms with Gasteiger partial charge in [0.2, 0.25) is 11.8 Å². The van der Waals surface area contributed by atoms with Crippen LogP contribution in [0.25, 0.3) is 0 Å². The monoisotopic (exact) mass is 629 g/mol. The lowest BCUT2D eigenvalue weighted by molar-refractivity contribution is -0.145. The number of carbonyl (C=O) groups excluding carboxylic acids is 3. The quantitative estimate of drug-likeness (QED) is 0.215. The molecule has 3 aliphatic rings. The first-order chi connectivity index (χ1) is 21.6. The number of hydrogen-bond donors (Lipinski definition) is 1. The second kappa shape index (κ2) is 13.6. The molecule has 7 nitrogen and oxygen atoms in total. The SMILES string of the molecule is C=CCN(Cc1ccccc1)C(=O)[C@H]1[C@H]2C(=O)N(CCCCCO)C(C(=O)N(CC=C)c3c(C)cccc3C)C23CC[C@]1(C)S3. The minimum Gasteiger partial charge on any atom is -0.396 e. The van der Waals surface area contributed by atoms with Crippen LogP contribution < -0.4 is 4.90 Å². The highest BCUT2D eigenvalue weighted by atomic mass is 32.2. The molecule has 0 aliphatic carbocycles. The van der Waals surface area contributed by atoms with E-state index >= 15 is 0 Å². The molecular weight excluding hydrogens is 582 g/mol. The zero-order valence-electron chi connectivity index (χ0n) is 26.9. The van der Waals surface area contributed by atoms with Gasteiger partial charge in [-0.3, -0.25) is 14.4 Å². The van der Waals surface area contributed by atoms with E-state index in [2.05, 4.69) is 20.1 Å². The molecule has 0 radical (unpaired) electrons. The van der Waals surface area contributed by atoms with Gasteiger partial charge < -0.3 is 19.8 Å². The fourth-order valence-corrected chi connectivity index (χ4v) is 10.4. The van der Waals surface area contributed by atoms with Crippen LogP contribution in [-0.2, 0) is 20.9 Å². The Hall–Kier alpha value is -3.36. The number of aryl methyl sites for hydroxylation is 2. The van der Waals surface area contributed by atoms with Gasteiger partial charge in [0.05, 0.1) is 16.6 Å². The van der Waals surface area contributed by atoms with Gasteiger partial charge in [-0.05, 0) is 69.6 Å². The Morgan fingerprint density at radius 1 is 0.978 bits per heavy atom. The van der Waals surface area contributed by atoms with Crippen LogP contribution in [0.5, 0.6) is 0 Å². The number of anilines is 1. The number of para-hydroxylation sites is 1. The molecule has 3 amide bonds. The number of aliphatic hydroxyl groups is 1. The molecule has 2 aromatic rings. The van der Waals surface area contributed by atoms with Crippen LogP contribution in [0.4, 0.5) is 5.69 Å². The lowest BCUT2D eigenvalue weighted by Gasteiger charge is -2.38. The average Bonchev–Trinajstić information content (AvgIpc) is 3.59. The van der Waals surface area contributed by atoms with E-state index in [1.165, 1.54) is 0 Å².